The molecule has 1 heterocycles. The average Bonchev–Trinajstić information content (AvgIpc) is 3.11. The Labute approximate surface area is 148 Å². The molecule has 3 rings (SSSR count). The first-order valence-corrected chi connectivity index (χ1v) is 9.06. The monoisotopic (exact) mass is 349 g/mol. The zero-order chi connectivity index (χ0) is 17.8. The quantitative estimate of drug-likeness (QED) is 0.732. The third kappa shape index (κ3) is 4.00. The summed E-state index contributed by atoms with van der Waals surface area (Å²) in [5.74, 6) is 1.40. The first kappa shape index (κ1) is 17.9. The van der Waals surface area contributed by atoms with E-state index >= 15 is 0 Å². The molecule has 0 radical (unpaired) electrons. The lowest BCUT2D eigenvalue weighted by molar-refractivity contribution is -0.772. The average molecular weight is 349 g/mol. The highest BCUT2D eigenvalue weighted by atomic mass is 16.9. The molecule has 0 aromatic heterocycles. The number of rotatable bonds is 6. The van der Waals surface area contributed by atoms with Gasteiger partial charge in [-0.1, -0.05) is 6.07 Å². The van der Waals surface area contributed by atoms with Crippen LogP contribution >= 0.6 is 0 Å². The van der Waals surface area contributed by atoms with Gasteiger partial charge in [-0.05, 0) is 50.3 Å². The molecule has 2 atom stereocenters. The maximum Gasteiger partial charge on any atom is 0.226 e. The fourth-order valence-corrected chi connectivity index (χ4v) is 3.57. The van der Waals surface area contributed by atoms with Gasteiger partial charge in [0.15, 0.2) is 17.8 Å². The fourth-order valence-electron chi connectivity index (χ4n) is 3.57. The van der Waals surface area contributed by atoms with Crippen molar-refractivity contribution in [2.75, 3.05) is 13.7 Å². The number of hydrogen-bond acceptors (Lipinski definition) is 5. The largest absolute Gasteiger partial charge is 0.493 e. The topological polar surface area (TPSA) is 63.0 Å². The van der Waals surface area contributed by atoms with Crippen molar-refractivity contribution in [1.82, 2.24) is 0 Å². The minimum atomic E-state index is -0.530. The van der Waals surface area contributed by atoms with E-state index in [9.17, 15) is 5.21 Å². The summed E-state index contributed by atoms with van der Waals surface area (Å²) in [6.07, 6.45) is 4.90. The molecule has 0 unspecified atom stereocenters. The van der Waals surface area contributed by atoms with Crippen molar-refractivity contribution in [3.8, 4) is 11.5 Å². The number of benzene rings is 1. The molecule has 1 aliphatic heterocycles. The molecule has 6 nitrogen and oxygen atoms in total. The maximum absolute atomic E-state index is 12.1. The van der Waals surface area contributed by atoms with Gasteiger partial charge >= 0.3 is 0 Å². The van der Waals surface area contributed by atoms with Gasteiger partial charge in [0, 0.05) is 24.9 Å². The molecule has 6 heteroatoms. The van der Waals surface area contributed by atoms with E-state index < -0.39 is 6.29 Å². The molecule has 0 saturated heterocycles. The minimum absolute atomic E-state index is 0.0698. The predicted octanol–water partition coefficient (Wildman–Crippen LogP) is 3.77. The molecule has 0 amide bonds. The summed E-state index contributed by atoms with van der Waals surface area (Å²) in [7, 11) is 1.65. The Kier molecular flexibility index (Phi) is 5.68. The lowest BCUT2D eigenvalue weighted by Gasteiger charge is -2.29. The first-order valence-electron chi connectivity index (χ1n) is 9.06. The van der Waals surface area contributed by atoms with Crippen LogP contribution in [0.5, 0.6) is 11.5 Å². The molecule has 138 valence electrons. The molecule has 0 bridgehead atoms. The van der Waals surface area contributed by atoms with Crippen LogP contribution in [0.1, 0.15) is 57.4 Å². The van der Waals surface area contributed by atoms with Crippen molar-refractivity contribution < 1.29 is 24.0 Å². The van der Waals surface area contributed by atoms with Gasteiger partial charge in [0.05, 0.1) is 19.1 Å². The molecule has 25 heavy (non-hydrogen) atoms. The lowest BCUT2D eigenvalue weighted by Crippen LogP contribution is -2.35. The molecule has 1 aromatic rings. The Balaban J connectivity index is 1.86. The number of hydrogen-bond donors (Lipinski definition) is 0. The summed E-state index contributed by atoms with van der Waals surface area (Å²) in [5.41, 5.74) is 1.63. The van der Waals surface area contributed by atoms with Crippen LogP contribution in [0.2, 0.25) is 0 Å². The zero-order valence-electron chi connectivity index (χ0n) is 15.2. The van der Waals surface area contributed by atoms with Gasteiger partial charge in [-0.25, -0.2) is 0 Å². The Morgan fingerprint density at radius 2 is 2.00 bits per heavy atom. The molecular weight excluding hydrogens is 322 g/mol. The highest BCUT2D eigenvalue weighted by Gasteiger charge is 2.33. The molecule has 0 N–H and O–H groups in total. The summed E-state index contributed by atoms with van der Waals surface area (Å²) < 4.78 is 17.1. The van der Waals surface area contributed by atoms with E-state index in [-0.39, 0.29) is 12.0 Å². The standard InChI is InChI=1S/C19H27NO5/c1-4-23-19-12-16(13(2)20(21)25-19)14-9-10-17(22-3)18(11-14)24-15-7-5-6-8-15/h9-11,15-16,19H,4-8,12H2,1-3H3/t16-,19+/m1/s1. The van der Waals surface area contributed by atoms with Crippen molar-refractivity contribution in [1.29, 1.82) is 0 Å². The predicted molar refractivity (Wildman–Crippen MR) is 94.0 cm³/mol. The third-order valence-corrected chi connectivity index (χ3v) is 4.97. The smallest absolute Gasteiger partial charge is 0.226 e. The van der Waals surface area contributed by atoms with Crippen LogP contribution in [0, 0.1) is 5.21 Å². The van der Waals surface area contributed by atoms with Crippen molar-refractivity contribution in [3.05, 3.63) is 29.0 Å². The Morgan fingerprint density at radius 1 is 1.24 bits per heavy atom. The molecule has 2 aliphatic rings. The lowest BCUT2D eigenvalue weighted by atomic mass is 9.90. The van der Waals surface area contributed by atoms with Crippen LogP contribution in [0.25, 0.3) is 0 Å². The Morgan fingerprint density at radius 3 is 2.68 bits per heavy atom. The van der Waals surface area contributed by atoms with Crippen LogP contribution in [0.3, 0.4) is 0 Å². The van der Waals surface area contributed by atoms with Gasteiger partial charge < -0.3 is 19.0 Å². The second-order valence-electron chi connectivity index (χ2n) is 6.61. The van der Waals surface area contributed by atoms with E-state index in [0.717, 1.165) is 29.9 Å². The number of methoxy groups -OCH3 is 1. The van der Waals surface area contributed by atoms with Crippen molar-refractivity contribution in [2.45, 2.75) is 64.3 Å². The Hall–Kier alpha value is -1.95. The minimum Gasteiger partial charge on any atom is -0.493 e. The van der Waals surface area contributed by atoms with Crippen LogP contribution < -0.4 is 9.47 Å². The van der Waals surface area contributed by atoms with E-state index in [1.54, 1.807) is 14.0 Å². The van der Waals surface area contributed by atoms with Crippen molar-refractivity contribution in [3.63, 3.8) is 0 Å². The highest BCUT2D eigenvalue weighted by Crippen LogP contribution is 2.37. The summed E-state index contributed by atoms with van der Waals surface area (Å²) in [4.78, 5) is 5.82. The maximum atomic E-state index is 12.1. The van der Waals surface area contributed by atoms with Crippen LogP contribution in [0.15, 0.2) is 18.2 Å². The summed E-state index contributed by atoms with van der Waals surface area (Å²) in [6, 6.07) is 5.89. The zero-order valence-corrected chi connectivity index (χ0v) is 15.2. The van der Waals surface area contributed by atoms with Crippen molar-refractivity contribution >= 4 is 5.71 Å². The van der Waals surface area contributed by atoms with E-state index in [1.807, 2.05) is 25.1 Å². The highest BCUT2D eigenvalue weighted by molar-refractivity contribution is 5.85. The van der Waals surface area contributed by atoms with E-state index in [2.05, 4.69) is 0 Å². The molecule has 1 saturated carbocycles. The van der Waals surface area contributed by atoms with Crippen LogP contribution in [0.4, 0.5) is 0 Å². The van der Waals surface area contributed by atoms with Crippen molar-refractivity contribution in [2.24, 2.45) is 0 Å². The van der Waals surface area contributed by atoms with Gasteiger partial charge in [-0.2, -0.15) is 0 Å². The first-order chi connectivity index (χ1) is 12.1. The van der Waals surface area contributed by atoms with Gasteiger partial charge in [0.1, 0.15) is 0 Å². The van der Waals surface area contributed by atoms with Gasteiger partial charge in [-0.15, -0.1) is 0 Å². The second kappa shape index (κ2) is 7.95. The molecule has 1 fully saturated rings. The Bertz CT molecular complexity index is 624. The van der Waals surface area contributed by atoms with Crippen LogP contribution in [-0.4, -0.2) is 36.7 Å². The molecule has 0 spiro atoms. The molecular formula is C19H27NO5. The van der Waals surface area contributed by atoms with Gasteiger partial charge in [-0.3, -0.25) is 5.21 Å². The normalized spacial score (nSPS) is 24.3. The molecule has 1 aliphatic carbocycles. The summed E-state index contributed by atoms with van der Waals surface area (Å²) >= 11 is 0. The van der Waals surface area contributed by atoms with E-state index in [0.29, 0.717) is 23.6 Å². The number of ether oxygens (including phenoxy) is 3. The van der Waals surface area contributed by atoms with E-state index in [1.165, 1.54) is 12.8 Å². The van der Waals surface area contributed by atoms with E-state index in [4.69, 9.17) is 19.0 Å². The summed E-state index contributed by atoms with van der Waals surface area (Å²) in [6.45, 7) is 4.18. The summed E-state index contributed by atoms with van der Waals surface area (Å²) in [5, 5.41) is 12.1. The van der Waals surface area contributed by atoms with Crippen LogP contribution in [-0.2, 0) is 9.57 Å². The third-order valence-electron chi connectivity index (χ3n) is 4.97. The second-order valence-corrected chi connectivity index (χ2v) is 6.61. The van der Waals surface area contributed by atoms with Gasteiger partial charge in [0.25, 0.3) is 0 Å². The number of nitrogens with zero attached hydrogens (tertiary/aromatic N) is 1. The molecule has 1 aromatic carbocycles. The fraction of sp³-hybridized carbons (Fsp3) is 0.632. The SMILES string of the molecule is CCO[C@@H]1C[C@@H](c2ccc(OC)c(OC3CCCC3)c2)C(C)=[N+]([O-])O1. The van der Waals surface area contributed by atoms with Gasteiger partial charge in [0.2, 0.25) is 5.71 Å².